The van der Waals surface area contributed by atoms with Gasteiger partial charge in [0.2, 0.25) is 0 Å². The average Bonchev–Trinajstić information content (AvgIpc) is 2.97. The van der Waals surface area contributed by atoms with E-state index in [-0.39, 0.29) is 0 Å². The molecule has 17 heavy (non-hydrogen) atoms. The van der Waals surface area contributed by atoms with Crippen molar-refractivity contribution in [1.29, 1.82) is 0 Å². The molecule has 0 radical (unpaired) electrons. The lowest BCUT2D eigenvalue weighted by Gasteiger charge is -2.09. The highest BCUT2D eigenvalue weighted by Gasteiger charge is 2.23. The van der Waals surface area contributed by atoms with E-state index < -0.39 is 0 Å². The normalized spacial score (nSPS) is 17.5. The number of rotatable bonds is 3. The van der Waals surface area contributed by atoms with Crippen LogP contribution in [0.25, 0.3) is 0 Å². The van der Waals surface area contributed by atoms with Crippen molar-refractivity contribution in [1.82, 2.24) is 4.57 Å². The molecule has 86 valence electrons. The predicted octanol–water partition coefficient (Wildman–Crippen LogP) is 2.48. The Morgan fingerprint density at radius 1 is 1.35 bits per heavy atom. The highest BCUT2D eigenvalue weighted by molar-refractivity contribution is 5.74. The first-order chi connectivity index (χ1) is 8.36. The number of nitrogens with zero attached hydrogens (tertiary/aromatic N) is 1. The van der Waals surface area contributed by atoms with E-state index in [1.165, 1.54) is 5.56 Å². The van der Waals surface area contributed by atoms with E-state index in [0.717, 1.165) is 24.1 Å². The molecule has 0 saturated heterocycles. The Kier molecular flexibility index (Phi) is 2.44. The molecule has 0 amide bonds. The third-order valence-electron chi connectivity index (χ3n) is 3.14. The number of hydrogen-bond donors (Lipinski definition) is 0. The van der Waals surface area contributed by atoms with Crippen LogP contribution in [0.1, 0.15) is 21.8 Å². The first-order valence-electron chi connectivity index (χ1n) is 5.69. The maximum absolute atomic E-state index is 10.6. The molecule has 1 aliphatic heterocycles. The van der Waals surface area contributed by atoms with Gasteiger partial charge in [0.1, 0.15) is 5.75 Å². The van der Waals surface area contributed by atoms with E-state index in [0.29, 0.717) is 12.5 Å². The van der Waals surface area contributed by atoms with Crippen molar-refractivity contribution < 1.29 is 9.53 Å². The summed E-state index contributed by atoms with van der Waals surface area (Å²) in [5.74, 6) is 1.36. The van der Waals surface area contributed by atoms with Gasteiger partial charge in [-0.15, -0.1) is 0 Å². The fourth-order valence-electron chi connectivity index (χ4n) is 2.28. The quantitative estimate of drug-likeness (QED) is 0.754. The highest BCUT2D eigenvalue weighted by atomic mass is 16.5. The van der Waals surface area contributed by atoms with Gasteiger partial charge in [-0.3, -0.25) is 4.79 Å². The number of benzene rings is 1. The Labute approximate surface area is 99.6 Å². The molecular weight excluding hydrogens is 214 g/mol. The van der Waals surface area contributed by atoms with Crippen molar-refractivity contribution >= 4 is 6.29 Å². The van der Waals surface area contributed by atoms with E-state index in [2.05, 4.69) is 6.07 Å². The van der Waals surface area contributed by atoms with Crippen molar-refractivity contribution in [3.05, 3.63) is 53.9 Å². The molecule has 0 aliphatic carbocycles. The van der Waals surface area contributed by atoms with Gasteiger partial charge in [0.15, 0.2) is 6.29 Å². The summed E-state index contributed by atoms with van der Waals surface area (Å²) < 4.78 is 7.68. The van der Waals surface area contributed by atoms with Crippen molar-refractivity contribution in [2.75, 3.05) is 6.61 Å². The highest BCUT2D eigenvalue weighted by Crippen LogP contribution is 2.34. The second-order valence-corrected chi connectivity index (χ2v) is 4.31. The maximum Gasteiger partial charge on any atom is 0.151 e. The third-order valence-corrected chi connectivity index (χ3v) is 3.14. The van der Waals surface area contributed by atoms with Crippen LogP contribution in [0.3, 0.4) is 0 Å². The van der Waals surface area contributed by atoms with Crippen LogP contribution in [0.2, 0.25) is 0 Å². The molecule has 0 fully saturated rings. The summed E-state index contributed by atoms with van der Waals surface area (Å²) in [5, 5.41) is 0. The van der Waals surface area contributed by atoms with Gasteiger partial charge < -0.3 is 9.30 Å². The van der Waals surface area contributed by atoms with Gasteiger partial charge >= 0.3 is 0 Å². The molecule has 1 aliphatic rings. The Bertz CT molecular complexity index is 545. The fourth-order valence-corrected chi connectivity index (χ4v) is 2.28. The van der Waals surface area contributed by atoms with E-state index in [9.17, 15) is 4.79 Å². The molecule has 0 saturated carbocycles. The molecule has 0 N–H and O–H groups in total. The smallest absolute Gasteiger partial charge is 0.151 e. The predicted molar refractivity (Wildman–Crippen MR) is 64.5 cm³/mol. The van der Waals surface area contributed by atoms with Gasteiger partial charge in [-0.05, 0) is 12.1 Å². The molecule has 3 nitrogen and oxygen atoms in total. The number of fused-ring (bicyclic) bond motifs is 1. The second-order valence-electron chi connectivity index (χ2n) is 4.31. The van der Waals surface area contributed by atoms with Gasteiger partial charge in [0.05, 0.1) is 6.61 Å². The van der Waals surface area contributed by atoms with Crippen LogP contribution in [0.15, 0.2) is 42.7 Å². The SMILES string of the molecule is O=Cc1ccn(CC2COc3ccccc32)c1. The van der Waals surface area contributed by atoms with Crippen LogP contribution in [-0.2, 0) is 6.54 Å². The van der Waals surface area contributed by atoms with Crippen LogP contribution in [0.4, 0.5) is 0 Å². The number of carbonyl (C=O) groups is 1. The summed E-state index contributed by atoms with van der Waals surface area (Å²) >= 11 is 0. The first-order valence-corrected chi connectivity index (χ1v) is 5.69. The van der Waals surface area contributed by atoms with Crippen molar-refractivity contribution in [3.8, 4) is 5.75 Å². The zero-order chi connectivity index (χ0) is 11.7. The second kappa shape index (κ2) is 4.09. The Morgan fingerprint density at radius 2 is 2.24 bits per heavy atom. The number of hydrogen-bond acceptors (Lipinski definition) is 2. The summed E-state index contributed by atoms with van der Waals surface area (Å²) in [6, 6.07) is 9.96. The van der Waals surface area contributed by atoms with Crippen molar-refractivity contribution in [2.45, 2.75) is 12.5 Å². The summed E-state index contributed by atoms with van der Waals surface area (Å²) in [6.07, 6.45) is 4.67. The molecular formula is C14H13NO2. The molecule has 3 heteroatoms. The minimum absolute atomic E-state index is 0.373. The Morgan fingerprint density at radius 3 is 3.06 bits per heavy atom. The molecule has 1 aromatic heterocycles. The average molecular weight is 227 g/mol. The lowest BCUT2D eigenvalue weighted by Crippen LogP contribution is -2.09. The zero-order valence-electron chi connectivity index (χ0n) is 9.37. The van der Waals surface area contributed by atoms with E-state index >= 15 is 0 Å². The lowest BCUT2D eigenvalue weighted by molar-refractivity contribution is 0.112. The standard InChI is InChI=1S/C14H13NO2/c16-9-11-5-6-15(7-11)8-12-10-17-14-4-2-1-3-13(12)14/h1-7,9,12H,8,10H2. The number of aromatic nitrogens is 1. The molecule has 1 unspecified atom stereocenters. The molecule has 0 bridgehead atoms. The number of para-hydroxylation sites is 1. The van der Waals surface area contributed by atoms with Gasteiger partial charge in [0, 0.05) is 36.0 Å². The number of aldehydes is 1. The minimum atomic E-state index is 0.373. The first kappa shape index (κ1) is 10.1. The van der Waals surface area contributed by atoms with Gasteiger partial charge in [-0.1, -0.05) is 18.2 Å². The van der Waals surface area contributed by atoms with E-state index in [1.807, 2.05) is 41.2 Å². The van der Waals surface area contributed by atoms with Crippen LogP contribution < -0.4 is 4.74 Å². The van der Waals surface area contributed by atoms with E-state index in [1.54, 1.807) is 0 Å². The molecule has 1 aromatic carbocycles. The fraction of sp³-hybridized carbons (Fsp3) is 0.214. The van der Waals surface area contributed by atoms with Gasteiger partial charge in [-0.2, -0.15) is 0 Å². The third kappa shape index (κ3) is 1.84. The Hall–Kier alpha value is -2.03. The Balaban J connectivity index is 1.81. The summed E-state index contributed by atoms with van der Waals surface area (Å²) in [6.45, 7) is 1.57. The molecule has 3 rings (SSSR count). The van der Waals surface area contributed by atoms with Gasteiger partial charge in [0.25, 0.3) is 0 Å². The molecule has 1 atom stereocenters. The minimum Gasteiger partial charge on any atom is -0.493 e. The van der Waals surface area contributed by atoms with Gasteiger partial charge in [-0.25, -0.2) is 0 Å². The summed E-state index contributed by atoms with van der Waals surface area (Å²) in [7, 11) is 0. The van der Waals surface area contributed by atoms with Crippen LogP contribution in [0.5, 0.6) is 5.75 Å². The molecule has 2 heterocycles. The summed E-state index contributed by atoms with van der Waals surface area (Å²) in [4.78, 5) is 10.6. The molecule has 2 aromatic rings. The largest absolute Gasteiger partial charge is 0.493 e. The van der Waals surface area contributed by atoms with Crippen LogP contribution >= 0.6 is 0 Å². The zero-order valence-corrected chi connectivity index (χ0v) is 9.37. The van der Waals surface area contributed by atoms with Crippen molar-refractivity contribution in [3.63, 3.8) is 0 Å². The maximum atomic E-state index is 10.6. The number of carbonyl (C=O) groups excluding carboxylic acids is 1. The van der Waals surface area contributed by atoms with E-state index in [4.69, 9.17) is 4.74 Å². The molecule has 0 spiro atoms. The summed E-state index contributed by atoms with van der Waals surface area (Å²) in [5.41, 5.74) is 1.98. The monoisotopic (exact) mass is 227 g/mol. The van der Waals surface area contributed by atoms with Crippen molar-refractivity contribution in [2.24, 2.45) is 0 Å². The topological polar surface area (TPSA) is 31.2 Å². The van der Waals surface area contributed by atoms with Crippen LogP contribution in [-0.4, -0.2) is 17.5 Å². The number of ether oxygens (including phenoxy) is 1. The lowest BCUT2D eigenvalue weighted by atomic mass is 10.0. The van der Waals surface area contributed by atoms with Crippen LogP contribution in [0, 0.1) is 0 Å².